The molecule has 2 aromatic rings. The van der Waals surface area contributed by atoms with Gasteiger partial charge < -0.3 is 4.74 Å². The summed E-state index contributed by atoms with van der Waals surface area (Å²) in [5, 5.41) is 0. The molecule has 0 aliphatic rings. The minimum atomic E-state index is 0.695. The van der Waals surface area contributed by atoms with Crippen molar-refractivity contribution < 1.29 is 4.74 Å². The quantitative estimate of drug-likeness (QED) is 0.787. The molecule has 0 saturated carbocycles. The lowest BCUT2D eigenvalue weighted by molar-refractivity contribution is 0.290. The maximum atomic E-state index is 5.86. The van der Waals surface area contributed by atoms with Gasteiger partial charge in [-0.1, -0.05) is 38.1 Å². The van der Waals surface area contributed by atoms with Gasteiger partial charge >= 0.3 is 0 Å². The first-order chi connectivity index (χ1) is 9.33. The van der Waals surface area contributed by atoms with Gasteiger partial charge in [0.15, 0.2) is 0 Å². The van der Waals surface area contributed by atoms with E-state index in [1.54, 1.807) is 6.20 Å². The lowest BCUT2D eigenvalue weighted by Gasteiger charge is -2.19. The second-order valence-corrected chi connectivity index (χ2v) is 4.34. The summed E-state index contributed by atoms with van der Waals surface area (Å²) in [4.78, 5) is 6.69. The van der Waals surface area contributed by atoms with Crippen molar-refractivity contribution in [3.63, 3.8) is 0 Å². The molecular weight excluding hydrogens is 236 g/mol. The van der Waals surface area contributed by atoms with Crippen molar-refractivity contribution in [1.82, 2.24) is 9.88 Å². The lowest BCUT2D eigenvalue weighted by Crippen LogP contribution is -2.22. The van der Waals surface area contributed by atoms with Crippen LogP contribution in [0.15, 0.2) is 48.7 Å². The zero-order valence-electron chi connectivity index (χ0n) is 11.5. The summed E-state index contributed by atoms with van der Waals surface area (Å²) >= 11 is 0. The van der Waals surface area contributed by atoms with E-state index < -0.39 is 0 Å². The minimum absolute atomic E-state index is 0.695. The monoisotopic (exact) mass is 256 g/mol. The number of aromatic nitrogens is 1. The fourth-order valence-electron chi connectivity index (χ4n) is 1.92. The average Bonchev–Trinajstić information content (AvgIpc) is 2.47. The smallest absolute Gasteiger partial charge is 0.223 e. The topological polar surface area (TPSA) is 25.4 Å². The van der Waals surface area contributed by atoms with Gasteiger partial charge in [-0.15, -0.1) is 0 Å². The number of hydrogen-bond donors (Lipinski definition) is 0. The van der Waals surface area contributed by atoms with Crippen molar-refractivity contribution in [2.45, 2.75) is 20.4 Å². The second-order valence-electron chi connectivity index (χ2n) is 4.34. The Morgan fingerprint density at radius 1 is 1.00 bits per heavy atom. The first-order valence-corrected chi connectivity index (χ1v) is 6.72. The van der Waals surface area contributed by atoms with E-state index >= 15 is 0 Å². The van der Waals surface area contributed by atoms with Crippen LogP contribution >= 0.6 is 0 Å². The van der Waals surface area contributed by atoms with Crippen molar-refractivity contribution in [1.29, 1.82) is 0 Å². The molecule has 3 heteroatoms. The number of para-hydroxylation sites is 1. The number of nitrogens with zero attached hydrogens (tertiary/aromatic N) is 2. The normalized spacial score (nSPS) is 10.7. The van der Waals surface area contributed by atoms with Gasteiger partial charge in [0, 0.05) is 18.3 Å². The average molecular weight is 256 g/mol. The van der Waals surface area contributed by atoms with Gasteiger partial charge in [-0.2, -0.15) is 0 Å². The summed E-state index contributed by atoms with van der Waals surface area (Å²) in [6, 6.07) is 13.8. The third-order valence-corrected chi connectivity index (χ3v) is 3.10. The SMILES string of the molecule is CCN(CC)Cc1cccnc1Oc1ccccc1. The molecule has 0 N–H and O–H groups in total. The Morgan fingerprint density at radius 2 is 1.74 bits per heavy atom. The van der Waals surface area contributed by atoms with Crippen LogP contribution in [0.1, 0.15) is 19.4 Å². The lowest BCUT2D eigenvalue weighted by atomic mass is 10.2. The highest BCUT2D eigenvalue weighted by atomic mass is 16.5. The predicted octanol–water partition coefficient (Wildman–Crippen LogP) is 3.72. The molecule has 0 aliphatic heterocycles. The van der Waals surface area contributed by atoms with Gasteiger partial charge in [-0.05, 0) is 31.3 Å². The summed E-state index contributed by atoms with van der Waals surface area (Å²) in [7, 11) is 0. The van der Waals surface area contributed by atoms with E-state index in [-0.39, 0.29) is 0 Å². The molecule has 1 aromatic heterocycles. The number of rotatable bonds is 6. The van der Waals surface area contributed by atoms with E-state index in [1.165, 1.54) is 0 Å². The van der Waals surface area contributed by atoms with Crippen molar-refractivity contribution >= 4 is 0 Å². The van der Waals surface area contributed by atoms with Crippen LogP contribution in [0.25, 0.3) is 0 Å². The van der Waals surface area contributed by atoms with Crippen LogP contribution in [0.5, 0.6) is 11.6 Å². The molecule has 0 bridgehead atoms. The van der Waals surface area contributed by atoms with Crippen LogP contribution in [-0.4, -0.2) is 23.0 Å². The summed E-state index contributed by atoms with van der Waals surface area (Å²) in [5.41, 5.74) is 1.12. The molecule has 19 heavy (non-hydrogen) atoms. The molecule has 0 unspecified atom stereocenters. The third kappa shape index (κ3) is 3.80. The number of hydrogen-bond acceptors (Lipinski definition) is 3. The van der Waals surface area contributed by atoms with Crippen molar-refractivity contribution in [2.24, 2.45) is 0 Å². The molecule has 0 radical (unpaired) electrons. The molecule has 0 aliphatic carbocycles. The van der Waals surface area contributed by atoms with Gasteiger partial charge in [0.2, 0.25) is 5.88 Å². The van der Waals surface area contributed by atoms with E-state index in [4.69, 9.17) is 4.74 Å². The fraction of sp³-hybridized carbons (Fsp3) is 0.312. The van der Waals surface area contributed by atoms with E-state index in [1.807, 2.05) is 36.4 Å². The van der Waals surface area contributed by atoms with Gasteiger partial charge in [0.25, 0.3) is 0 Å². The van der Waals surface area contributed by atoms with Crippen molar-refractivity contribution in [3.8, 4) is 11.6 Å². The maximum absolute atomic E-state index is 5.86. The first-order valence-electron chi connectivity index (χ1n) is 6.72. The zero-order chi connectivity index (χ0) is 13.5. The maximum Gasteiger partial charge on any atom is 0.223 e. The molecule has 1 heterocycles. The van der Waals surface area contributed by atoms with Crippen LogP contribution in [0.4, 0.5) is 0 Å². The first kappa shape index (κ1) is 13.6. The summed E-state index contributed by atoms with van der Waals surface area (Å²) in [6.07, 6.45) is 1.77. The Kier molecular flexibility index (Phi) is 4.93. The van der Waals surface area contributed by atoms with Crippen molar-refractivity contribution in [3.05, 3.63) is 54.2 Å². The van der Waals surface area contributed by atoms with Gasteiger partial charge in [-0.3, -0.25) is 4.90 Å². The Hall–Kier alpha value is -1.87. The molecule has 3 nitrogen and oxygen atoms in total. The highest BCUT2D eigenvalue weighted by Gasteiger charge is 2.09. The van der Waals surface area contributed by atoms with Crippen molar-refractivity contribution in [2.75, 3.05) is 13.1 Å². The van der Waals surface area contributed by atoms with Crippen LogP contribution in [0.2, 0.25) is 0 Å². The van der Waals surface area contributed by atoms with E-state index in [0.717, 1.165) is 30.9 Å². The Balaban J connectivity index is 2.16. The molecule has 1 aromatic carbocycles. The van der Waals surface area contributed by atoms with Gasteiger partial charge in [-0.25, -0.2) is 4.98 Å². The molecule has 0 spiro atoms. The van der Waals surface area contributed by atoms with Crippen LogP contribution in [-0.2, 0) is 6.54 Å². The van der Waals surface area contributed by atoms with Gasteiger partial charge in [0.05, 0.1) is 0 Å². The summed E-state index contributed by atoms with van der Waals surface area (Å²) < 4.78 is 5.86. The Labute approximate surface area is 114 Å². The Morgan fingerprint density at radius 3 is 2.42 bits per heavy atom. The number of benzene rings is 1. The summed E-state index contributed by atoms with van der Waals surface area (Å²) in [6.45, 7) is 7.24. The Bertz CT molecular complexity index is 495. The predicted molar refractivity (Wildman–Crippen MR) is 77.4 cm³/mol. The third-order valence-electron chi connectivity index (χ3n) is 3.10. The molecular formula is C16H20N2O. The van der Waals surface area contributed by atoms with E-state index in [0.29, 0.717) is 5.88 Å². The van der Waals surface area contributed by atoms with Gasteiger partial charge in [0.1, 0.15) is 5.75 Å². The van der Waals surface area contributed by atoms with Crippen LogP contribution < -0.4 is 4.74 Å². The second kappa shape index (κ2) is 6.90. The molecule has 0 saturated heterocycles. The van der Waals surface area contributed by atoms with E-state index in [2.05, 4.69) is 29.8 Å². The fourth-order valence-corrected chi connectivity index (χ4v) is 1.92. The molecule has 100 valence electrons. The van der Waals surface area contributed by atoms with E-state index in [9.17, 15) is 0 Å². The molecule has 0 fully saturated rings. The number of pyridine rings is 1. The standard InChI is InChI=1S/C16H20N2O/c1-3-18(4-2)13-14-9-8-12-17-16(14)19-15-10-6-5-7-11-15/h5-12H,3-4,13H2,1-2H3. The zero-order valence-corrected chi connectivity index (χ0v) is 11.5. The largest absolute Gasteiger partial charge is 0.439 e. The molecule has 0 atom stereocenters. The minimum Gasteiger partial charge on any atom is -0.439 e. The highest BCUT2D eigenvalue weighted by Crippen LogP contribution is 2.23. The van der Waals surface area contributed by atoms with Crippen LogP contribution in [0.3, 0.4) is 0 Å². The molecule has 2 rings (SSSR count). The molecule has 0 amide bonds. The summed E-state index contributed by atoms with van der Waals surface area (Å²) in [5.74, 6) is 1.52. The number of ether oxygens (including phenoxy) is 1. The van der Waals surface area contributed by atoms with Crippen LogP contribution in [0, 0.1) is 0 Å². The highest BCUT2D eigenvalue weighted by molar-refractivity contribution is 5.32.